The number of aliphatic hydroxyl groups is 1. The maximum absolute atomic E-state index is 7.69. The Hall–Kier alpha value is -0.0200. The fourth-order valence-corrected chi connectivity index (χ4v) is 1.97. The summed E-state index contributed by atoms with van der Waals surface area (Å²) in [7, 11) is 4.49. The number of quaternary nitrogens is 1. The Morgan fingerprint density at radius 3 is 1.45 bits per heavy atom. The first-order valence-electron chi connectivity index (χ1n) is 8.23. The minimum absolute atomic E-state index is 0. The smallest absolute Gasteiger partial charge is 0.0766 e. The summed E-state index contributed by atoms with van der Waals surface area (Å²) in [6.45, 7) is 5.38. The van der Waals surface area contributed by atoms with Gasteiger partial charge in [-0.2, -0.15) is 0 Å². The summed E-state index contributed by atoms with van der Waals surface area (Å²) in [5.41, 5.74) is 0. The number of aliphatic hydroxyl groups excluding tert-OH is 1. The van der Waals surface area contributed by atoms with Crippen LogP contribution in [0.4, 0.5) is 0 Å². The van der Waals surface area contributed by atoms with Gasteiger partial charge in [0.15, 0.2) is 0 Å². The van der Waals surface area contributed by atoms with Gasteiger partial charge in [-0.1, -0.05) is 64.4 Å². The van der Waals surface area contributed by atoms with E-state index in [1.54, 1.807) is 17.9 Å². The Morgan fingerprint density at radius 2 is 1.15 bits per heavy atom. The van der Waals surface area contributed by atoms with Crippen molar-refractivity contribution in [2.24, 2.45) is 0 Å². The Labute approximate surface area is 138 Å². The Balaban J connectivity index is -0.000000508. The normalized spacial score (nSPS) is 10.2. The number of rotatable bonds is 11. The molecule has 0 heterocycles. The number of nitrogens with one attached hydrogen (secondary N) is 1. The summed E-state index contributed by atoms with van der Waals surface area (Å²) in [5.74, 6) is 0. The Kier molecular flexibility index (Phi) is 30.0. The molecule has 0 aromatic rings. The molecule has 0 saturated carbocycles. The summed E-state index contributed by atoms with van der Waals surface area (Å²) < 4.78 is 0. The largest absolute Gasteiger partial charge is 1.00 e. The molecule has 0 radical (unpaired) electrons. The van der Waals surface area contributed by atoms with Crippen molar-refractivity contribution >= 4 is 0 Å². The first-order valence-corrected chi connectivity index (χ1v) is 8.23. The molecular weight excluding hydrogens is 314 g/mol. The van der Waals surface area contributed by atoms with Gasteiger partial charge in [0.2, 0.25) is 0 Å². The van der Waals surface area contributed by atoms with Gasteiger partial charge in [-0.3, -0.25) is 0 Å². The molecule has 0 saturated heterocycles. The van der Waals surface area contributed by atoms with Crippen molar-refractivity contribution in [1.82, 2.24) is 0 Å². The monoisotopic (exact) mass is 351 g/mol. The van der Waals surface area contributed by atoms with E-state index in [0.717, 1.165) is 6.26 Å². The van der Waals surface area contributed by atoms with Gasteiger partial charge in [-0.25, -0.2) is 0 Å². The molecule has 0 aliphatic rings. The second-order valence-corrected chi connectivity index (χ2v) is 5.62. The van der Waals surface area contributed by atoms with Crippen LogP contribution in [0.3, 0.4) is 0 Å². The molecule has 0 fully saturated rings. The van der Waals surface area contributed by atoms with Gasteiger partial charge in [0, 0.05) is 0 Å². The van der Waals surface area contributed by atoms with Gasteiger partial charge < -0.3 is 27.0 Å². The number of unbranched alkanes of at least 4 members (excludes halogenated alkanes) is 9. The fraction of sp³-hybridized carbons (Fsp3) is 0.882. The number of halogens is 1. The summed E-state index contributed by atoms with van der Waals surface area (Å²) in [6.07, 6.45) is 17.0. The van der Waals surface area contributed by atoms with Crippen LogP contribution in [0.25, 0.3) is 0 Å². The van der Waals surface area contributed by atoms with Crippen molar-refractivity contribution in [1.29, 1.82) is 0 Å². The van der Waals surface area contributed by atoms with Crippen molar-refractivity contribution in [3.8, 4) is 0 Å². The van der Waals surface area contributed by atoms with E-state index in [9.17, 15) is 0 Å². The molecular formula is C17H38BrNO. The van der Waals surface area contributed by atoms with E-state index in [-0.39, 0.29) is 17.0 Å². The second-order valence-electron chi connectivity index (χ2n) is 5.62. The molecule has 3 heteroatoms. The fourth-order valence-electron chi connectivity index (χ4n) is 1.97. The molecule has 20 heavy (non-hydrogen) atoms. The van der Waals surface area contributed by atoms with E-state index in [4.69, 9.17) is 5.11 Å². The Bertz CT molecular complexity index is 168. The zero-order valence-corrected chi connectivity index (χ0v) is 15.8. The van der Waals surface area contributed by atoms with E-state index in [0.29, 0.717) is 0 Å². The van der Waals surface area contributed by atoms with Crippen molar-refractivity contribution < 1.29 is 27.0 Å². The minimum atomic E-state index is 0. The molecule has 0 atom stereocenters. The average molecular weight is 352 g/mol. The molecule has 0 aliphatic carbocycles. The van der Waals surface area contributed by atoms with Crippen LogP contribution in [0, 0.1) is 0 Å². The molecule has 0 aromatic carbocycles. The highest BCUT2D eigenvalue weighted by Gasteiger charge is 1.94. The summed E-state index contributed by atoms with van der Waals surface area (Å²) >= 11 is 0. The lowest BCUT2D eigenvalue weighted by Crippen LogP contribution is -3.05. The SMILES string of the molecule is CC=CO.CCCCCCCCCCCC[NH+](C)C.[Br-]. The van der Waals surface area contributed by atoms with E-state index < -0.39 is 0 Å². The minimum Gasteiger partial charge on any atom is -1.00 e. The van der Waals surface area contributed by atoms with Crippen LogP contribution in [0.15, 0.2) is 12.3 Å². The summed E-state index contributed by atoms with van der Waals surface area (Å²) in [5, 5.41) is 7.69. The lowest BCUT2D eigenvalue weighted by Gasteiger charge is -2.06. The number of allylic oxidation sites excluding steroid dienone is 1. The molecule has 0 aliphatic heterocycles. The lowest BCUT2D eigenvalue weighted by molar-refractivity contribution is -0.858. The van der Waals surface area contributed by atoms with E-state index >= 15 is 0 Å². The third-order valence-corrected chi connectivity index (χ3v) is 3.18. The van der Waals surface area contributed by atoms with Crippen molar-refractivity contribution in [3.63, 3.8) is 0 Å². The molecule has 2 nitrogen and oxygen atoms in total. The number of hydrogen-bond acceptors (Lipinski definition) is 1. The molecule has 2 N–H and O–H groups in total. The predicted octanol–water partition coefficient (Wildman–Crippen LogP) is 1.13. The van der Waals surface area contributed by atoms with E-state index in [1.165, 1.54) is 70.8 Å². The Morgan fingerprint density at radius 1 is 0.800 bits per heavy atom. The quantitative estimate of drug-likeness (QED) is 0.423. The topological polar surface area (TPSA) is 24.7 Å². The molecule has 0 bridgehead atoms. The van der Waals surface area contributed by atoms with Gasteiger partial charge in [-0.15, -0.1) is 0 Å². The van der Waals surface area contributed by atoms with Crippen LogP contribution in [-0.2, 0) is 0 Å². The molecule has 0 aromatic heterocycles. The van der Waals surface area contributed by atoms with Gasteiger partial charge in [0.05, 0.1) is 26.9 Å². The zero-order valence-electron chi connectivity index (χ0n) is 14.3. The van der Waals surface area contributed by atoms with Crippen LogP contribution >= 0.6 is 0 Å². The summed E-state index contributed by atoms with van der Waals surface area (Å²) in [4.78, 5) is 1.59. The lowest BCUT2D eigenvalue weighted by atomic mass is 10.1. The van der Waals surface area contributed by atoms with Crippen molar-refractivity contribution in [3.05, 3.63) is 12.3 Å². The molecule has 0 unspecified atom stereocenters. The molecule has 124 valence electrons. The van der Waals surface area contributed by atoms with Crippen molar-refractivity contribution in [2.45, 2.75) is 78.1 Å². The highest BCUT2D eigenvalue weighted by molar-refractivity contribution is 4.60. The predicted molar refractivity (Wildman–Crippen MR) is 87.0 cm³/mol. The first-order chi connectivity index (χ1) is 9.18. The second kappa shape index (κ2) is 24.0. The van der Waals surface area contributed by atoms with Gasteiger partial charge in [0.25, 0.3) is 0 Å². The van der Waals surface area contributed by atoms with Crippen LogP contribution in [0.1, 0.15) is 78.1 Å². The number of hydrogen-bond donors (Lipinski definition) is 2. The average Bonchev–Trinajstić information content (AvgIpc) is 2.41. The van der Waals surface area contributed by atoms with E-state index in [1.807, 2.05) is 0 Å². The van der Waals surface area contributed by atoms with Crippen molar-refractivity contribution in [2.75, 3.05) is 20.6 Å². The third kappa shape index (κ3) is 30.8. The highest BCUT2D eigenvalue weighted by atomic mass is 79.9. The summed E-state index contributed by atoms with van der Waals surface area (Å²) in [6, 6.07) is 0. The standard InChI is InChI=1S/C14H31N.C3H6O.BrH/c1-4-5-6-7-8-9-10-11-12-13-14-15(2)3;1-2-3-4;/h4-14H2,1-3H3;2-4H,1H3;1H. The maximum atomic E-state index is 7.69. The molecule has 0 rings (SSSR count). The van der Waals surface area contributed by atoms with Crippen LogP contribution < -0.4 is 21.9 Å². The molecule has 0 amide bonds. The van der Waals surface area contributed by atoms with Gasteiger partial charge in [0.1, 0.15) is 0 Å². The zero-order chi connectivity index (χ0) is 14.8. The maximum Gasteiger partial charge on any atom is 0.0766 e. The van der Waals surface area contributed by atoms with E-state index in [2.05, 4.69) is 21.0 Å². The van der Waals surface area contributed by atoms with Crippen LogP contribution in [-0.4, -0.2) is 25.7 Å². The van der Waals surface area contributed by atoms with Gasteiger partial charge >= 0.3 is 0 Å². The van der Waals surface area contributed by atoms with Crippen LogP contribution in [0.2, 0.25) is 0 Å². The highest BCUT2D eigenvalue weighted by Crippen LogP contribution is 2.09. The van der Waals surface area contributed by atoms with Crippen LogP contribution in [0.5, 0.6) is 0 Å². The third-order valence-electron chi connectivity index (χ3n) is 3.18. The molecule has 0 spiro atoms. The van der Waals surface area contributed by atoms with Gasteiger partial charge in [-0.05, 0) is 19.8 Å². The first kappa shape index (κ1) is 25.0.